The Morgan fingerprint density at radius 3 is 2.60 bits per heavy atom. The number of aromatic nitrogens is 3. The molecule has 20 heavy (non-hydrogen) atoms. The summed E-state index contributed by atoms with van der Waals surface area (Å²) in [6, 6.07) is 7.31. The van der Waals surface area contributed by atoms with Crippen LogP contribution in [-0.4, -0.2) is 52.8 Å². The van der Waals surface area contributed by atoms with Crippen LogP contribution in [0.4, 0.5) is 0 Å². The lowest BCUT2D eigenvalue weighted by atomic mass is 10.2. The fourth-order valence-corrected chi connectivity index (χ4v) is 1.70. The molecule has 0 aliphatic heterocycles. The van der Waals surface area contributed by atoms with Crippen molar-refractivity contribution in [1.82, 2.24) is 25.0 Å². The van der Waals surface area contributed by atoms with E-state index in [1.54, 1.807) is 35.1 Å². The molecule has 7 heteroatoms. The van der Waals surface area contributed by atoms with E-state index in [1.807, 2.05) is 19.2 Å². The fourth-order valence-electron chi connectivity index (χ4n) is 1.70. The third-order valence-corrected chi connectivity index (χ3v) is 2.84. The van der Waals surface area contributed by atoms with Gasteiger partial charge in [-0.2, -0.15) is 5.10 Å². The van der Waals surface area contributed by atoms with Crippen LogP contribution < -0.4 is 5.32 Å². The lowest BCUT2D eigenvalue weighted by Crippen LogP contribution is -2.32. The summed E-state index contributed by atoms with van der Waals surface area (Å²) in [7, 11) is 3.66. The van der Waals surface area contributed by atoms with Crippen LogP contribution in [0, 0.1) is 0 Å². The molecule has 1 amide bonds. The maximum atomic E-state index is 12.1. The number of benzene rings is 1. The van der Waals surface area contributed by atoms with Gasteiger partial charge in [-0.3, -0.25) is 4.79 Å². The van der Waals surface area contributed by atoms with Gasteiger partial charge in [0.1, 0.15) is 12.7 Å². The standard InChI is InChI=1S/C13H17N5O.ClH/c1-14-7-8-17(2)13(19)11-3-5-12(6-4-11)18-10-15-9-16-18;/h3-6,9-10,14H,7-8H2,1-2H3;1H. The summed E-state index contributed by atoms with van der Waals surface area (Å²) in [5.74, 6) is 0.0143. The number of hydrogen-bond acceptors (Lipinski definition) is 4. The van der Waals surface area contributed by atoms with Crippen LogP contribution in [-0.2, 0) is 0 Å². The highest BCUT2D eigenvalue weighted by molar-refractivity contribution is 5.94. The van der Waals surface area contributed by atoms with Crippen molar-refractivity contribution < 1.29 is 4.79 Å². The second-order valence-electron chi connectivity index (χ2n) is 4.22. The topological polar surface area (TPSA) is 63.1 Å². The minimum Gasteiger partial charge on any atom is -0.340 e. The van der Waals surface area contributed by atoms with Crippen molar-refractivity contribution in [3.8, 4) is 5.69 Å². The Bertz CT molecular complexity index is 526. The number of nitrogens with one attached hydrogen (secondary N) is 1. The van der Waals surface area contributed by atoms with Crippen molar-refractivity contribution in [2.75, 3.05) is 27.2 Å². The van der Waals surface area contributed by atoms with Gasteiger partial charge in [0.25, 0.3) is 5.91 Å². The van der Waals surface area contributed by atoms with Gasteiger partial charge in [-0.25, -0.2) is 9.67 Å². The Hall–Kier alpha value is -1.92. The Kier molecular flexibility index (Phi) is 6.14. The van der Waals surface area contributed by atoms with Gasteiger partial charge in [0, 0.05) is 25.7 Å². The summed E-state index contributed by atoms with van der Waals surface area (Å²) < 4.78 is 1.65. The Morgan fingerprint density at radius 1 is 1.35 bits per heavy atom. The lowest BCUT2D eigenvalue weighted by molar-refractivity contribution is 0.0797. The van der Waals surface area contributed by atoms with E-state index >= 15 is 0 Å². The molecular weight excluding hydrogens is 278 g/mol. The van der Waals surface area contributed by atoms with Crippen LogP contribution in [0.25, 0.3) is 5.69 Å². The van der Waals surface area contributed by atoms with Crippen molar-refractivity contribution in [3.05, 3.63) is 42.5 Å². The second-order valence-corrected chi connectivity index (χ2v) is 4.22. The molecule has 0 bridgehead atoms. The fraction of sp³-hybridized carbons (Fsp3) is 0.308. The zero-order valence-corrected chi connectivity index (χ0v) is 12.3. The largest absolute Gasteiger partial charge is 0.340 e. The van der Waals surface area contributed by atoms with E-state index in [0.717, 1.165) is 12.2 Å². The number of amides is 1. The van der Waals surface area contributed by atoms with Crippen LogP contribution in [0.2, 0.25) is 0 Å². The van der Waals surface area contributed by atoms with Gasteiger partial charge in [-0.15, -0.1) is 12.4 Å². The zero-order chi connectivity index (χ0) is 13.7. The van der Waals surface area contributed by atoms with Crippen molar-refractivity contribution in [3.63, 3.8) is 0 Å². The molecule has 1 aromatic carbocycles. The molecule has 6 nitrogen and oxygen atoms in total. The lowest BCUT2D eigenvalue weighted by Gasteiger charge is -2.17. The molecular formula is C13H18ClN5O. The molecule has 0 fully saturated rings. The molecule has 0 aliphatic rings. The molecule has 0 unspecified atom stereocenters. The average Bonchev–Trinajstić information content (AvgIpc) is 2.98. The Morgan fingerprint density at radius 2 is 2.05 bits per heavy atom. The molecule has 108 valence electrons. The monoisotopic (exact) mass is 295 g/mol. The van der Waals surface area contributed by atoms with Gasteiger partial charge in [-0.1, -0.05) is 0 Å². The molecule has 0 saturated heterocycles. The third-order valence-electron chi connectivity index (χ3n) is 2.84. The first kappa shape index (κ1) is 16.1. The van der Waals surface area contributed by atoms with Gasteiger partial charge >= 0.3 is 0 Å². The Balaban J connectivity index is 0.00000200. The minimum atomic E-state index is 0. The van der Waals surface area contributed by atoms with E-state index in [0.29, 0.717) is 12.1 Å². The summed E-state index contributed by atoms with van der Waals surface area (Å²) in [5.41, 5.74) is 1.55. The highest BCUT2D eigenvalue weighted by Crippen LogP contribution is 2.09. The molecule has 0 atom stereocenters. The van der Waals surface area contributed by atoms with Crippen LogP contribution in [0.3, 0.4) is 0 Å². The Labute approximate surface area is 124 Å². The number of carbonyl (C=O) groups excluding carboxylic acids is 1. The van der Waals surface area contributed by atoms with Crippen LogP contribution in [0.15, 0.2) is 36.9 Å². The molecule has 0 saturated carbocycles. The minimum absolute atomic E-state index is 0. The van der Waals surface area contributed by atoms with Crippen molar-refractivity contribution in [2.45, 2.75) is 0 Å². The van der Waals surface area contributed by atoms with Gasteiger partial charge in [-0.05, 0) is 31.3 Å². The van der Waals surface area contributed by atoms with E-state index in [-0.39, 0.29) is 18.3 Å². The maximum absolute atomic E-state index is 12.1. The second kappa shape index (κ2) is 7.62. The van der Waals surface area contributed by atoms with E-state index in [1.165, 1.54) is 6.33 Å². The van der Waals surface area contributed by atoms with E-state index < -0.39 is 0 Å². The first-order valence-corrected chi connectivity index (χ1v) is 6.07. The van der Waals surface area contributed by atoms with Gasteiger partial charge in [0.15, 0.2) is 0 Å². The summed E-state index contributed by atoms with van der Waals surface area (Å²) >= 11 is 0. The van der Waals surface area contributed by atoms with Gasteiger partial charge in [0.2, 0.25) is 0 Å². The molecule has 0 spiro atoms. The molecule has 2 rings (SSSR count). The smallest absolute Gasteiger partial charge is 0.253 e. The summed E-state index contributed by atoms with van der Waals surface area (Å²) in [4.78, 5) is 17.7. The predicted molar refractivity (Wildman–Crippen MR) is 79.5 cm³/mol. The molecule has 0 radical (unpaired) electrons. The number of carbonyl (C=O) groups is 1. The summed E-state index contributed by atoms with van der Waals surface area (Å²) in [5, 5.41) is 7.06. The van der Waals surface area contributed by atoms with Gasteiger partial charge in [0.05, 0.1) is 5.69 Å². The number of halogens is 1. The van der Waals surface area contributed by atoms with Crippen molar-refractivity contribution in [2.24, 2.45) is 0 Å². The zero-order valence-electron chi connectivity index (χ0n) is 11.5. The van der Waals surface area contributed by atoms with Crippen molar-refractivity contribution >= 4 is 18.3 Å². The summed E-state index contributed by atoms with van der Waals surface area (Å²) in [6.07, 6.45) is 3.10. The number of rotatable bonds is 5. The van der Waals surface area contributed by atoms with Crippen molar-refractivity contribution in [1.29, 1.82) is 0 Å². The predicted octanol–water partition coefficient (Wildman–Crippen LogP) is 0.980. The van der Waals surface area contributed by atoms with E-state index in [2.05, 4.69) is 15.4 Å². The molecule has 1 N–H and O–H groups in total. The molecule has 1 aromatic heterocycles. The quantitative estimate of drug-likeness (QED) is 0.893. The SMILES string of the molecule is CNCCN(C)C(=O)c1ccc(-n2cncn2)cc1.Cl. The van der Waals surface area contributed by atoms with Crippen LogP contribution in [0.1, 0.15) is 10.4 Å². The summed E-state index contributed by atoms with van der Waals surface area (Å²) in [6.45, 7) is 1.46. The highest BCUT2D eigenvalue weighted by Gasteiger charge is 2.10. The molecule has 2 aromatic rings. The maximum Gasteiger partial charge on any atom is 0.253 e. The number of likely N-dealkylation sites (N-methyl/N-ethyl adjacent to an activating group) is 2. The van der Waals surface area contributed by atoms with E-state index in [4.69, 9.17) is 0 Å². The van der Waals surface area contributed by atoms with Crippen LogP contribution in [0.5, 0.6) is 0 Å². The molecule has 1 heterocycles. The van der Waals surface area contributed by atoms with Crippen LogP contribution >= 0.6 is 12.4 Å². The number of hydrogen-bond donors (Lipinski definition) is 1. The molecule has 0 aliphatic carbocycles. The normalized spacial score (nSPS) is 9.90. The third kappa shape index (κ3) is 3.79. The highest BCUT2D eigenvalue weighted by atomic mass is 35.5. The van der Waals surface area contributed by atoms with Gasteiger partial charge < -0.3 is 10.2 Å². The first-order valence-electron chi connectivity index (χ1n) is 6.07. The average molecular weight is 296 g/mol. The first-order chi connectivity index (χ1) is 9.22. The number of nitrogens with zero attached hydrogens (tertiary/aromatic N) is 4. The van der Waals surface area contributed by atoms with E-state index in [9.17, 15) is 4.79 Å².